The predicted molar refractivity (Wildman–Crippen MR) is 76.1 cm³/mol. The van der Waals surface area contributed by atoms with Gasteiger partial charge in [0, 0.05) is 11.8 Å². The normalized spacial score (nSPS) is 15.5. The Kier molecular flexibility index (Phi) is 3.57. The Labute approximate surface area is 117 Å². The molecule has 2 rings (SSSR count). The first-order valence-electron chi connectivity index (χ1n) is 6.48. The number of benzene rings is 1. The molecule has 0 unspecified atom stereocenters. The standard InChI is InChI=1S/C16H18O4/c1-16(2,10-3-6-12(17)7-4-10)11-5-8-14(18)13(9-11)15(19)20/h3,5-6,8-9,17-18H,4,7H2,1-2H3,(H,19,20). The lowest BCUT2D eigenvalue weighted by molar-refractivity contribution is 0.0693. The Balaban J connectivity index is 2.44. The number of aromatic hydroxyl groups is 1. The molecule has 0 saturated heterocycles. The number of carboxylic acid groups (broad SMARTS) is 1. The first-order valence-corrected chi connectivity index (χ1v) is 6.48. The van der Waals surface area contributed by atoms with Crippen LogP contribution in [0.2, 0.25) is 0 Å². The van der Waals surface area contributed by atoms with E-state index in [1.807, 2.05) is 19.9 Å². The summed E-state index contributed by atoms with van der Waals surface area (Å²) in [5.41, 5.74) is 1.51. The number of phenols is 1. The van der Waals surface area contributed by atoms with Crippen LogP contribution in [0.4, 0.5) is 0 Å². The van der Waals surface area contributed by atoms with Crippen LogP contribution in [-0.2, 0) is 5.41 Å². The number of hydrogen-bond acceptors (Lipinski definition) is 3. The Morgan fingerprint density at radius 2 is 1.85 bits per heavy atom. The zero-order valence-electron chi connectivity index (χ0n) is 11.6. The lowest BCUT2D eigenvalue weighted by Crippen LogP contribution is -2.22. The summed E-state index contributed by atoms with van der Waals surface area (Å²) < 4.78 is 0. The third-order valence-electron chi connectivity index (χ3n) is 3.88. The number of carbonyl (C=O) groups is 1. The maximum Gasteiger partial charge on any atom is 0.339 e. The highest BCUT2D eigenvalue weighted by Crippen LogP contribution is 2.37. The van der Waals surface area contributed by atoms with Crippen molar-refractivity contribution in [3.8, 4) is 5.75 Å². The molecule has 0 spiro atoms. The molecule has 1 aromatic carbocycles. The average molecular weight is 274 g/mol. The van der Waals surface area contributed by atoms with E-state index < -0.39 is 5.97 Å². The third-order valence-corrected chi connectivity index (χ3v) is 3.88. The van der Waals surface area contributed by atoms with Gasteiger partial charge >= 0.3 is 5.97 Å². The first-order chi connectivity index (χ1) is 9.32. The van der Waals surface area contributed by atoms with Crippen molar-refractivity contribution < 1.29 is 20.1 Å². The molecule has 20 heavy (non-hydrogen) atoms. The number of carboxylic acids is 1. The van der Waals surface area contributed by atoms with Crippen LogP contribution < -0.4 is 0 Å². The predicted octanol–water partition coefficient (Wildman–Crippen LogP) is 3.53. The van der Waals surface area contributed by atoms with Crippen molar-refractivity contribution in [3.63, 3.8) is 0 Å². The molecule has 0 aliphatic heterocycles. The molecule has 0 heterocycles. The van der Waals surface area contributed by atoms with Gasteiger partial charge in [-0.2, -0.15) is 0 Å². The topological polar surface area (TPSA) is 77.8 Å². The van der Waals surface area contributed by atoms with Crippen molar-refractivity contribution >= 4 is 5.97 Å². The molecule has 4 nitrogen and oxygen atoms in total. The van der Waals surface area contributed by atoms with Gasteiger partial charge in [-0.1, -0.05) is 31.6 Å². The van der Waals surface area contributed by atoms with Gasteiger partial charge in [0.1, 0.15) is 11.3 Å². The summed E-state index contributed by atoms with van der Waals surface area (Å²) in [4.78, 5) is 11.1. The SMILES string of the molecule is CC(C)(C1=CC=C(O)CC1)c1ccc(O)c(C(=O)O)c1. The van der Waals surface area contributed by atoms with Crippen molar-refractivity contribution in [3.05, 3.63) is 52.8 Å². The summed E-state index contributed by atoms with van der Waals surface area (Å²) in [7, 11) is 0. The van der Waals surface area contributed by atoms with E-state index in [-0.39, 0.29) is 16.7 Å². The lowest BCUT2D eigenvalue weighted by atomic mass is 9.74. The molecule has 1 aliphatic rings. The number of aliphatic hydroxyl groups excluding tert-OH is 1. The van der Waals surface area contributed by atoms with E-state index in [0.29, 0.717) is 12.2 Å². The van der Waals surface area contributed by atoms with Gasteiger partial charge in [0.15, 0.2) is 0 Å². The van der Waals surface area contributed by atoms with Crippen LogP contribution in [0.15, 0.2) is 41.7 Å². The fourth-order valence-electron chi connectivity index (χ4n) is 2.43. The molecule has 0 aromatic heterocycles. The summed E-state index contributed by atoms with van der Waals surface area (Å²) in [5, 5.41) is 28.1. The molecule has 0 atom stereocenters. The molecular formula is C16H18O4. The lowest BCUT2D eigenvalue weighted by Gasteiger charge is -2.30. The van der Waals surface area contributed by atoms with Gasteiger partial charge in [-0.25, -0.2) is 4.79 Å². The molecule has 0 fully saturated rings. The fraction of sp³-hybridized carbons (Fsp3) is 0.312. The first kappa shape index (κ1) is 14.2. The van der Waals surface area contributed by atoms with E-state index >= 15 is 0 Å². The Morgan fingerprint density at radius 1 is 1.15 bits per heavy atom. The van der Waals surface area contributed by atoms with E-state index in [2.05, 4.69) is 0 Å². The Bertz CT molecular complexity index is 609. The number of hydrogen-bond donors (Lipinski definition) is 3. The Hall–Kier alpha value is -2.23. The molecular weight excluding hydrogens is 256 g/mol. The van der Waals surface area contributed by atoms with Crippen molar-refractivity contribution in [2.45, 2.75) is 32.1 Å². The molecule has 1 aromatic rings. The zero-order chi connectivity index (χ0) is 14.9. The van der Waals surface area contributed by atoms with Crippen molar-refractivity contribution in [2.75, 3.05) is 0 Å². The van der Waals surface area contributed by atoms with E-state index in [1.54, 1.807) is 12.1 Å². The van der Waals surface area contributed by atoms with Crippen LogP contribution in [0.25, 0.3) is 0 Å². The van der Waals surface area contributed by atoms with Gasteiger partial charge in [0.2, 0.25) is 0 Å². The third kappa shape index (κ3) is 2.54. The summed E-state index contributed by atoms with van der Waals surface area (Å²) >= 11 is 0. The molecule has 0 radical (unpaired) electrons. The van der Waals surface area contributed by atoms with Gasteiger partial charge in [-0.05, 0) is 30.2 Å². The quantitative estimate of drug-likeness (QED) is 0.788. The van der Waals surface area contributed by atoms with Crippen LogP contribution in [0.5, 0.6) is 5.75 Å². The second-order valence-electron chi connectivity index (χ2n) is 5.51. The van der Waals surface area contributed by atoms with Crippen molar-refractivity contribution in [2.24, 2.45) is 0 Å². The minimum Gasteiger partial charge on any atom is -0.512 e. The molecule has 1 aliphatic carbocycles. The van der Waals surface area contributed by atoms with Crippen molar-refractivity contribution in [1.82, 2.24) is 0 Å². The van der Waals surface area contributed by atoms with Crippen LogP contribution in [0.3, 0.4) is 0 Å². The van der Waals surface area contributed by atoms with Gasteiger partial charge in [-0.3, -0.25) is 0 Å². The minimum absolute atomic E-state index is 0.0922. The van der Waals surface area contributed by atoms with Crippen LogP contribution in [0, 0.1) is 0 Å². The highest BCUT2D eigenvalue weighted by atomic mass is 16.4. The molecule has 106 valence electrons. The van der Waals surface area contributed by atoms with Crippen molar-refractivity contribution in [1.29, 1.82) is 0 Å². The van der Waals surface area contributed by atoms with Crippen LogP contribution >= 0.6 is 0 Å². The van der Waals surface area contributed by atoms with Crippen LogP contribution in [-0.4, -0.2) is 21.3 Å². The average Bonchev–Trinajstić information content (AvgIpc) is 2.39. The largest absolute Gasteiger partial charge is 0.512 e. The number of aromatic carboxylic acids is 1. The molecule has 0 bridgehead atoms. The smallest absolute Gasteiger partial charge is 0.339 e. The van der Waals surface area contributed by atoms with E-state index in [0.717, 1.165) is 17.6 Å². The number of aliphatic hydroxyl groups is 1. The highest BCUT2D eigenvalue weighted by molar-refractivity contribution is 5.91. The van der Waals surface area contributed by atoms with Gasteiger partial charge < -0.3 is 15.3 Å². The van der Waals surface area contributed by atoms with E-state index in [4.69, 9.17) is 5.11 Å². The molecule has 0 saturated carbocycles. The summed E-state index contributed by atoms with van der Waals surface area (Å²) in [6, 6.07) is 4.66. The summed E-state index contributed by atoms with van der Waals surface area (Å²) in [5.74, 6) is -1.01. The minimum atomic E-state index is -1.14. The number of allylic oxidation sites excluding steroid dienone is 4. The van der Waals surface area contributed by atoms with E-state index in [1.165, 1.54) is 12.1 Å². The Morgan fingerprint density at radius 3 is 2.40 bits per heavy atom. The maximum atomic E-state index is 11.1. The van der Waals surface area contributed by atoms with Crippen LogP contribution in [0.1, 0.15) is 42.6 Å². The fourth-order valence-corrected chi connectivity index (χ4v) is 2.43. The summed E-state index contributed by atoms with van der Waals surface area (Å²) in [6.45, 7) is 4.01. The zero-order valence-corrected chi connectivity index (χ0v) is 11.6. The summed E-state index contributed by atoms with van der Waals surface area (Å²) in [6.07, 6.45) is 4.89. The van der Waals surface area contributed by atoms with Gasteiger partial charge in [0.25, 0.3) is 0 Å². The maximum absolute atomic E-state index is 11.1. The second kappa shape index (κ2) is 5.04. The number of rotatable bonds is 3. The molecule has 3 N–H and O–H groups in total. The van der Waals surface area contributed by atoms with Gasteiger partial charge in [0.05, 0.1) is 5.76 Å². The highest BCUT2D eigenvalue weighted by Gasteiger charge is 2.28. The molecule has 0 amide bonds. The molecule has 4 heteroatoms. The van der Waals surface area contributed by atoms with E-state index in [9.17, 15) is 15.0 Å². The second-order valence-corrected chi connectivity index (χ2v) is 5.51. The van der Waals surface area contributed by atoms with Gasteiger partial charge in [-0.15, -0.1) is 0 Å². The monoisotopic (exact) mass is 274 g/mol.